The highest BCUT2D eigenvalue weighted by Gasteiger charge is 2.20. The highest BCUT2D eigenvalue weighted by molar-refractivity contribution is 5.53. The fourth-order valence-corrected chi connectivity index (χ4v) is 3.15. The maximum atomic E-state index is 2.54. The van der Waals surface area contributed by atoms with Crippen molar-refractivity contribution in [2.24, 2.45) is 0 Å². The van der Waals surface area contributed by atoms with E-state index in [1.165, 1.54) is 35.5 Å². The van der Waals surface area contributed by atoms with Gasteiger partial charge in [-0.2, -0.15) is 0 Å². The summed E-state index contributed by atoms with van der Waals surface area (Å²) in [6.07, 6.45) is 0. The van der Waals surface area contributed by atoms with Crippen LogP contribution in [0.5, 0.6) is 0 Å². The summed E-state index contributed by atoms with van der Waals surface area (Å²) >= 11 is 0. The van der Waals surface area contributed by atoms with Crippen molar-refractivity contribution in [3.8, 4) is 0 Å². The van der Waals surface area contributed by atoms with E-state index in [9.17, 15) is 0 Å². The molecule has 110 valence electrons. The van der Waals surface area contributed by atoms with E-state index in [2.05, 4.69) is 67.3 Å². The fourth-order valence-electron chi connectivity index (χ4n) is 3.15. The smallest absolute Gasteiger partial charge is 0.103 e. The van der Waals surface area contributed by atoms with E-state index in [1.807, 2.05) is 0 Å². The predicted octanol–water partition coefficient (Wildman–Crippen LogP) is 2.21. The molecular weight excluding hydrogens is 256 g/mol. The van der Waals surface area contributed by atoms with Gasteiger partial charge in [0.2, 0.25) is 0 Å². The van der Waals surface area contributed by atoms with Gasteiger partial charge in [-0.3, -0.25) is 0 Å². The van der Waals surface area contributed by atoms with Gasteiger partial charge in [0.1, 0.15) is 6.54 Å². The molecule has 1 heterocycles. The zero-order chi connectivity index (χ0) is 14.7. The van der Waals surface area contributed by atoms with E-state index in [4.69, 9.17) is 0 Å². The molecule has 0 atom stereocenters. The quantitative estimate of drug-likeness (QED) is 0.906. The Hall–Kier alpha value is -1.80. The zero-order valence-electron chi connectivity index (χ0n) is 13.1. The molecule has 0 bridgehead atoms. The topological polar surface area (TPSA) is 7.68 Å². The van der Waals surface area contributed by atoms with Crippen molar-refractivity contribution in [3.63, 3.8) is 0 Å². The first-order valence-electron chi connectivity index (χ1n) is 7.92. The summed E-state index contributed by atoms with van der Waals surface area (Å²) in [7, 11) is 0. The largest absolute Gasteiger partial charge is 0.360 e. The van der Waals surface area contributed by atoms with E-state index < -0.39 is 0 Å². The van der Waals surface area contributed by atoms with E-state index >= 15 is 0 Å². The van der Waals surface area contributed by atoms with Crippen molar-refractivity contribution < 1.29 is 4.90 Å². The van der Waals surface area contributed by atoms with Crippen LogP contribution in [0, 0.1) is 13.8 Å². The summed E-state index contributed by atoms with van der Waals surface area (Å²) in [5.41, 5.74) is 5.60. The molecule has 0 spiro atoms. The first-order valence-corrected chi connectivity index (χ1v) is 7.92. The molecule has 0 saturated carbocycles. The molecule has 2 aromatic rings. The van der Waals surface area contributed by atoms with E-state index in [0.29, 0.717) is 0 Å². The maximum Gasteiger partial charge on any atom is 0.103 e. The van der Waals surface area contributed by atoms with E-state index in [0.717, 1.165) is 19.6 Å². The molecule has 1 aliphatic rings. The van der Waals surface area contributed by atoms with Crippen molar-refractivity contribution in [3.05, 3.63) is 65.2 Å². The molecule has 3 rings (SSSR count). The lowest BCUT2D eigenvalue weighted by molar-refractivity contribution is -0.914. The van der Waals surface area contributed by atoms with Crippen molar-refractivity contribution >= 4 is 5.69 Å². The van der Waals surface area contributed by atoms with Crippen LogP contribution in [-0.2, 0) is 6.54 Å². The normalized spacial score (nSPS) is 16.2. The van der Waals surface area contributed by atoms with Crippen LogP contribution < -0.4 is 9.80 Å². The summed E-state index contributed by atoms with van der Waals surface area (Å²) in [6, 6.07) is 17.7. The molecule has 0 amide bonds. The molecule has 2 heteroatoms. The Kier molecular flexibility index (Phi) is 4.26. The van der Waals surface area contributed by atoms with Gasteiger partial charge in [-0.05, 0) is 25.5 Å². The van der Waals surface area contributed by atoms with E-state index in [-0.39, 0.29) is 0 Å². The third kappa shape index (κ3) is 3.45. The molecule has 0 unspecified atom stereocenters. The second-order valence-electron chi connectivity index (χ2n) is 6.19. The van der Waals surface area contributed by atoms with Gasteiger partial charge in [-0.25, -0.2) is 0 Å². The Morgan fingerprint density at radius 2 is 1.57 bits per heavy atom. The second kappa shape index (κ2) is 6.31. The SMILES string of the molecule is Cc1ccc(C[NH+]2CCN(c3ccccc3C)CC2)cc1. The van der Waals surface area contributed by atoms with Gasteiger partial charge in [0.05, 0.1) is 26.2 Å². The molecule has 1 saturated heterocycles. The number of benzene rings is 2. The zero-order valence-corrected chi connectivity index (χ0v) is 13.1. The maximum absolute atomic E-state index is 2.54. The van der Waals surface area contributed by atoms with E-state index in [1.54, 1.807) is 4.90 Å². The summed E-state index contributed by atoms with van der Waals surface area (Å²) in [5.74, 6) is 0. The van der Waals surface area contributed by atoms with Crippen LogP contribution in [0.25, 0.3) is 0 Å². The number of anilines is 1. The van der Waals surface area contributed by atoms with Crippen LogP contribution in [0.4, 0.5) is 5.69 Å². The summed E-state index contributed by atoms with van der Waals surface area (Å²) in [6.45, 7) is 10.3. The van der Waals surface area contributed by atoms with Crippen LogP contribution in [0.15, 0.2) is 48.5 Å². The molecule has 2 aromatic carbocycles. The minimum Gasteiger partial charge on any atom is -0.360 e. The Morgan fingerprint density at radius 3 is 2.24 bits per heavy atom. The lowest BCUT2D eigenvalue weighted by Gasteiger charge is -2.34. The lowest BCUT2D eigenvalue weighted by Crippen LogP contribution is -3.13. The second-order valence-corrected chi connectivity index (χ2v) is 6.19. The van der Waals surface area contributed by atoms with Crippen LogP contribution in [0.3, 0.4) is 0 Å². The highest BCUT2D eigenvalue weighted by Crippen LogP contribution is 2.18. The molecule has 21 heavy (non-hydrogen) atoms. The number of hydrogen-bond donors (Lipinski definition) is 1. The third-order valence-electron chi connectivity index (χ3n) is 4.50. The molecule has 0 aromatic heterocycles. The third-order valence-corrected chi connectivity index (χ3v) is 4.50. The van der Waals surface area contributed by atoms with Gasteiger partial charge in [0, 0.05) is 11.3 Å². The average molecular weight is 281 g/mol. The number of nitrogens with zero attached hydrogens (tertiary/aromatic N) is 1. The number of hydrogen-bond acceptors (Lipinski definition) is 1. The van der Waals surface area contributed by atoms with Crippen LogP contribution in [0.1, 0.15) is 16.7 Å². The number of piperazine rings is 1. The molecule has 1 aliphatic heterocycles. The summed E-state index contributed by atoms with van der Waals surface area (Å²) < 4.78 is 0. The van der Waals surface area contributed by atoms with Gasteiger partial charge in [-0.1, -0.05) is 48.0 Å². The van der Waals surface area contributed by atoms with Crippen LogP contribution in [-0.4, -0.2) is 26.2 Å². The standard InChI is InChI=1S/C19H24N2/c1-16-7-9-18(10-8-16)15-20-11-13-21(14-12-20)19-6-4-3-5-17(19)2/h3-10H,11-15H2,1-2H3/p+1. The molecule has 0 aliphatic carbocycles. The highest BCUT2D eigenvalue weighted by atomic mass is 15.3. The Morgan fingerprint density at radius 1 is 0.905 bits per heavy atom. The molecule has 0 radical (unpaired) electrons. The summed E-state index contributed by atoms with van der Waals surface area (Å²) in [4.78, 5) is 4.23. The summed E-state index contributed by atoms with van der Waals surface area (Å²) in [5, 5.41) is 0. The number of para-hydroxylation sites is 1. The lowest BCUT2D eigenvalue weighted by atomic mass is 10.1. The molecule has 1 fully saturated rings. The first-order chi connectivity index (χ1) is 10.2. The van der Waals surface area contributed by atoms with Gasteiger partial charge in [-0.15, -0.1) is 0 Å². The Labute approximate surface area is 128 Å². The first kappa shape index (κ1) is 14.2. The minimum atomic E-state index is 1.15. The molecule has 1 N–H and O–H groups in total. The number of nitrogens with one attached hydrogen (secondary N) is 1. The van der Waals surface area contributed by atoms with Gasteiger partial charge < -0.3 is 9.80 Å². The van der Waals surface area contributed by atoms with Crippen molar-refractivity contribution in [1.82, 2.24) is 0 Å². The Bertz CT molecular complexity index is 581. The molecule has 2 nitrogen and oxygen atoms in total. The number of rotatable bonds is 3. The van der Waals surface area contributed by atoms with Crippen LogP contribution in [0.2, 0.25) is 0 Å². The van der Waals surface area contributed by atoms with Gasteiger partial charge >= 0.3 is 0 Å². The average Bonchev–Trinajstić information content (AvgIpc) is 2.51. The monoisotopic (exact) mass is 281 g/mol. The van der Waals surface area contributed by atoms with Gasteiger partial charge in [0.25, 0.3) is 0 Å². The van der Waals surface area contributed by atoms with Crippen molar-refractivity contribution in [2.75, 3.05) is 31.1 Å². The number of aryl methyl sites for hydroxylation is 2. The van der Waals surface area contributed by atoms with Crippen molar-refractivity contribution in [1.29, 1.82) is 0 Å². The minimum absolute atomic E-state index is 1.15. The molecular formula is C19H25N2+. The van der Waals surface area contributed by atoms with Crippen LogP contribution >= 0.6 is 0 Å². The predicted molar refractivity (Wildman–Crippen MR) is 89.0 cm³/mol. The van der Waals surface area contributed by atoms with Crippen molar-refractivity contribution in [2.45, 2.75) is 20.4 Å². The Balaban J connectivity index is 1.58. The van der Waals surface area contributed by atoms with Gasteiger partial charge in [0.15, 0.2) is 0 Å². The fraction of sp³-hybridized carbons (Fsp3) is 0.368. The number of quaternary nitrogens is 1.